The molecule has 0 radical (unpaired) electrons. The molecule has 6 aromatic rings. The number of ether oxygens (including phenoxy) is 1. The van der Waals surface area contributed by atoms with Gasteiger partial charge in [-0.3, -0.25) is 23.5 Å². The monoisotopic (exact) mass is 874 g/mol. The molecule has 0 saturated carbocycles. The van der Waals surface area contributed by atoms with Gasteiger partial charge in [0.15, 0.2) is 5.82 Å². The minimum atomic E-state index is -3.57. The van der Waals surface area contributed by atoms with Gasteiger partial charge in [-0.1, -0.05) is 36.5 Å². The highest BCUT2D eigenvalue weighted by Gasteiger charge is 2.51. The molecule has 2 atom stereocenters. The quantitative estimate of drug-likeness (QED) is 0.0824. The number of hydrogen-bond acceptors (Lipinski definition) is 8. The summed E-state index contributed by atoms with van der Waals surface area (Å²) >= 11 is 7.98. The molecule has 318 valence electrons. The van der Waals surface area contributed by atoms with Gasteiger partial charge in [-0.25, -0.2) is 22.5 Å². The van der Waals surface area contributed by atoms with Crippen LogP contribution in [-0.4, -0.2) is 54.0 Å². The van der Waals surface area contributed by atoms with E-state index >= 15 is 8.78 Å². The van der Waals surface area contributed by atoms with Gasteiger partial charge in [-0.2, -0.15) is 19.0 Å². The van der Waals surface area contributed by atoms with Crippen molar-refractivity contribution >= 4 is 57.1 Å². The first kappa shape index (κ1) is 43.0. The molecule has 60 heavy (non-hydrogen) atoms. The highest BCUT2D eigenvalue weighted by atomic mass is 35.5. The first-order chi connectivity index (χ1) is 28.3. The van der Waals surface area contributed by atoms with Gasteiger partial charge < -0.3 is 14.8 Å². The number of carbonyl (C=O) groups excluding carboxylic acids is 1. The van der Waals surface area contributed by atoms with Crippen LogP contribution in [0.3, 0.4) is 0 Å². The van der Waals surface area contributed by atoms with Crippen LogP contribution in [0.25, 0.3) is 27.5 Å². The average molecular weight is 875 g/mol. The first-order valence-electron chi connectivity index (χ1n) is 18.9. The summed E-state index contributed by atoms with van der Waals surface area (Å²) in [7, 11) is 3.25. The maximum absolute atomic E-state index is 15.5. The van der Waals surface area contributed by atoms with Crippen molar-refractivity contribution in [2.75, 3.05) is 18.1 Å². The number of aryl methyl sites for hydroxylation is 2. The summed E-state index contributed by atoms with van der Waals surface area (Å²) in [6, 6.07) is 9.63. The lowest BCUT2D eigenvalue weighted by atomic mass is 9.98. The van der Waals surface area contributed by atoms with Crippen molar-refractivity contribution in [3.8, 4) is 5.69 Å². The smallest absolute Gasteiger partial charge is 0.292 e. The number of nitrogens with one attached hydrogen (secondary N) is 2. The van der Waals surface area contributed by atoms with Crippen molar-refractivity contribution in [1.82, 2.24) is 34.4 Å². The molecule has 0 bridgehead atoms. The largest absolute Gasteiger partial charge is 0.379 e. The molecule has 0 saturated heterocycles. The Bertz CT molecular complexity index is 2680. The average Bonchev–Trinajstić information content (AvgIpc) is 3.78. The summed E-state index contributed by atoms with van der Waals surface area (Å²) in [6.45, 7) is 4.16. The Hall–Kier alpha value is -5.07. The van der Waals surface area contributed by atoms with Crippen LogP contribution < -0.4 is 15.6 Å². The number of hydrogen-bond donors (Lipinski definition) is 2. The maximum atomic E-state index is 15.5. The Morgan fingerprint density at radius 1 is 1.08 bits per heavy atom. The van der Waals surface area contributed by atoms with Crippen LogP contribution in [0.15, 0.2) is 53.3 Å². The summed E-state index contributed by atoms with van der Waals surface area (Å²) in [5, 5.41) is 12.0. The number of methoxy groups -OCH3 is 1. The summed E-state index contributed by atoms with van der Waals surface area (Å²) < 4.78 is 101. The van der Waals surface area contributed by atoms with Crippen molar-refractivity contribution in [1.29, 1.82) is 0 Å². The zero-order valence-electron chi connectivity index (χ0n) is 33.3. The Kier molecular flexibility index (Phi) is 11.8. The van der Waals surface area contributed by atoms with Gasteiger partial charge in [-0.05, 0) is 80.6 Å². The second kappa shape index (κ2) is 16.4. The van der Waals surface area contributed by atoms with E-state index in [0.717, 1.165) is 17.7 Å². The normalized spacial score (nSPS) is 15.6. The van der Waals surface area contributed by atoms with E-state index in [1.54, 1.807) is 50.7 Å². The van der Waals surface area contributed by atoms with Crippen LogP contribution in [0, 0.1) is 17.6 Å². The molecule has 2 N–H and O–H groups in total. The number of halogens is 7. The third-order valence-electron chi connectivity index (χ3n) is 10.9. The van der Waals surface area contributed by atoms with Crippen molar-refractivity contribution in [3.63, 3.8) is 0 Å². The molecule has 11 nitrogen and oxygen atoms in total. The number of rotatable bonds is 14. The topological polar surface area (TPSA) is 121 Å². The van der Waals surface area contributed by atoms with Crippen molar-refractivity contribution in [3.05, 3.63) is 109 Å². The molecule has 0 spiro atoms. The Labute approximate surface area is 349 Å². The predicted octanol–water partition coefficient (Wildman–Crippen LogP) is 8.77. The molecular weight excluding hydrogens is 834 g/mol. The van der Waals surface area contributed by atoms with Crippen LogP contribution in [0.5, 0.6) is 0 Å². The zero-order valence-corrected chi connectivity index (χ0v) is 34.9. The van der Waals surface area contributed by atoms with Gasteiger partial charge in [-0.15, -0.1) is 0 Å². The van der Waals surface area contributed by atoms with E-state index in [1.165, 1.54) is 28.1 Å². The number of amides is 1. The van der Waals surface area contributed by atoms with Gasteiger partial charge >= 0.3 is 0 Å². The fourth-order valence-electron chi connectivity index (χ4n) is 7.72. The SMILES string of the molecule is COC(C)(C)CCc1ccc2c(=O)n(-c3ccc(Cl)c4c(NSC)nn(C)c34)c(C(Cc3cc(F)cc(F)c3)NC(=O)Cn3nc(C(F)F)c4c3C(F)(F)C(C)C4)nc2c1. The number of carbonyl (C=O) groups is 1. The van der Waals surface area contributed by atoms with E-state index in [4.69, 9.17) is 21.3 Å². The lowest BCUT2D eigenvalue weighted by Gasteiger charge is -2.24. The van der Waals surface area contributed by atoms with Gasteiger partial charge in [0.1, 0.15) is 35.4 Å². The van der Waals surface area contributed by atoms with Crippen molar-refractivity contribution in [2.45, 2.75) is 77.0 Å². The Morgan fingerprint density at radius 2 is 1.80 bits per heavy atom. The fourth-order valence-corrected chi connectivity index (χ4v) is 8.30. The molecule has 3 aromatic heterocycles. The second-order valence-corrected chi connectivity index (χ2v) is 16.5. The van der Waals surface area contributed by atoms with E-state index in [-0.39, 0.29) is 46.4 Å². The molecule has 3 aromatic carbocycles. The summed E-state index contributed by atoms with van der Waals surface area (Å²) in [4.78, 5) is 34.0. The Morgan fingerprint density at radius 3 is 2.47 bits per heavy atom. The molecule has 0 aliphatic heterocycles. The third-order valence-corrected chi connectivity index (χ3v) is 11.6. The lowest BCUT2D eigenvalue weighted by Crippen LogP contribution is -2.38. The maximum Gasteiger partial charge on any atom is 0.292 e. The van der Waals surface area contributed by atoms with Crippen LogP contribution in [-0.2, 0) is 48.3 Å². The van der Waals surface area contributed by atoms with Crippen LogP contribution in [0.4, 0.5) is 32.2 Å². The number of nitrogens with zero attached hydrogens (tertiary/aromatic N) is 6. The summed E-state index contributed by atoms with van der Waals surface area (Å²) in [5.41, 5.74) is -1.33. The molecule has 2 unspecified atom stereocenters. The van der Waals surface area contributed by atoms with E-state index in [9.17, 15) is 27.2 Å². The second-order valence-electron chi connectivity index (χ2n) is 15.5. The summed E-state index contributed by atoms with van der Waals surface area (Å²) in [5.74, 6) is -7.45. The van der Waals surface area contributed by atoms with E-state index in [0.29, 0.717) is 45.3 Å². The molecular formula is C41H41ClF6N8O3S. The molecule has 1 amide bonds. The molecule has 3 heterocycles. The minimum absolute atomic E-state index is 0.0443. The highest BCUT2D eigenvalue weighted by molar-refractivity contribution is 7.99. The molecule has 1 aliphatic carbocycles. The standard InChI is InChI=1S/C41H41ClF6N8O3S/c1-20-13-26-33(36(45)46)51-55(35(26)41(20,47)48)19-31(57)49-29(17-22-14-23(43)18-24(44)15-22)38-50-28-16-21(11-12-40(2,3)59-5)7-8-25(28)39(58)56(38)30-10-9-27(42)32-34(30)54(4)52-37(32)53-60-6/h7-10,14-16,18,20,29,36H,11-13,17,19H2,1-6H3,(H,49,57)(H,52,53). The third kappa shape index (κ3) is 8.08. The Balaban J connectivity index is 1.44. The van der Waals surface area contributed by atoms with Crippen molar-refractivity contribution in [2.24, 2.45) is 13.0 Å². The van der Waals surface area contributed by atoms with Crippen LogP contribution in [0.2, 0.25) is 5.02 Å². The minimum Gasteiger partial charge on any atom is -0.379 e. The fraction of sp³-hybridized carbons (Fsp3) is 0.390. The van der Waals surface area contributed by atoms with E-state index in [2.05, 4.69) is 20.2 Å². The number of benzene rings is 3. The van der Waals surface area contributed by atoms with Crippen LogP contribution >= 0.6 is 23.5 Å². The van der Waals surface area contributed by atoms with Crippen LogP contribution in [0.1, 0.15) is 73.6 Å². The molecule has 7 rings (SSSR count). The van der Waals surface area contributed by atoms with E-state index in [1.807, 2.05) is 13.8 Å². The highest BCUT2D eigenvalue weighted by Crippen LogP contribution is 2.48. The lowest BCUT2D eigenvalue weighted by molar-refractivity contribution is -0.123. The number of fused-ring (bicyclic) bond motifs is 3. The molecule has 19 heteroatoms. The van der Waals surface area contributed by atoms with Gasteiger partial charge in [0.05, 0.1) is 44.2 Å². The van der Waals surface area contributed by atoms with Gasteiger partial charge in [0, 0.05) is 44.4 Å². The van der Waals surface area contributed by atoms with E-state index < -0.39 is 70.9 Å². The molecule has 1 aliphatic rings. The number of aromatic nitrogens is 6. The first-order valence-corrected chi connectivity index (χ1v) is 20.5. The predicted molar refractivity (Wildman–Crippen MR) is 218 cm³/mol. The summed E-state index contributed by atoms with van der Waals surface area (Å²) in [6.07, 6.45) is -0.983. The number of anilines is 1. The van der Waals surface area contributed by atoms with Gasteiger partial charge in [0.2, 0.25) is 5.91 Å². The van der Waals surface area contributed by atoms with Crippen molar-refractivity contribution < 1.29 is 35.9 Å². The zero-order chi connectivity index (χ0) is 43.4. The number of alkyl halides is 4. The van der Waals surface area contributed by atoms with Gasteiger partial charge in [0.25, 0.3) is 17.9 Å². The molecule has 0 fully saturated rings.